The predicted octanol–water partition coefficient (Wildman–Crippen LogP) is 3.46. The SMILES string of the molecule is Cc1occc1C(=O)OCc1cc(Cl)cc2c1OCOC2. The number of esters is 1. The third-order valence-electron chi connectivity index (χ3n) is 3.19. The van der Waals surface area contributed by atoms with Crippen molar-refractivity contribution in [3.8, 4) is 5.75 Å². The van der Waals surface area contributed by atoms with Gasteiger partial charge in [-0.25, -0.2) is 4.79 Å². The van der Waals surface area contributed by atoms with Gasteiger partial charge in [-0.1, -0.05) is 11.6 Å². The highest BCUT2D eigenvalue weighted by atomic mass is 35.5. The lowest BCUT2D eigenvalue weighted by molar-refractivity contribution is -0.0180. The van der Waals surface area contributed by atoms with Crippen LogP contribution in [0.15, 0.2) is 28.9 Å². The topological polar surface area (TPSA) is 57.9 Å². The number of hydrogen-bond donors (Lipinski definition) is 0. The molecule has 0 saturated heterocycles. The van der Waals surface area contributed by atoms with Crippen LogP contribution in [-0.2, 0) is 22.7 Å². The van der Waals surface area contributed by atoms with Gasteiger partial charge in [0.25, 0.3) is 0 Å². The Labute approximate surface area is 126 Å². The van der Waals surface area contributed by atoms with Crippen molar-refractivity contribution in [3.05, 3.63) is 51.9 Å². The fraction of sp³-hybridized carbons (Fsp3) is 0.267. The minimum atomic E-state index is -0.443. The minimum absolute atomic E-state index is 0.0757. The maximum atomic E-state index is 12.0. The van der Waals surface area contributed by atoms with E-state index in [4.69, 9.17) is 30.2 Å². The molecule has 1 aliphatic heterocycles. The second-order valence-electron chi connectivity index (χ2n) is 4.63. The van der Waals surface area contributed by atoms with Crippen LogP contribution >= 0.6 is 11.6 Å². The maximum absolute atomic E-state index is 12.0. The molecule has 2 heterocycles. The van der Waals surface area contributed by atoms with E-state index in [-0.39, 0.29) is 13.4 Å². The second kappa shape index (κ2) is 5.79. The summed E-state index contributed by atoms with van der Waals surface area (Å²) >= 11 is 6.06. The molecule has 0 radical (unpaired) electrons. The van der Waals surface area contributed by atoms with Gasteiger partial charge in [0.05, 0.1) is 12.9 Å². The van der Waals surface area contributed by atoms with Crippen molar-refractivity contribution in [2.75, 3.05) is 6.79 Å². The number of aryl methyl sites for hydroxylation is 1. The molecule has 1 aromatic carbocycles. The lowest BCUT2D eigenvalue weighted by atomic mass is 10.1. The lowest BCUT2D eigenvalue weighted by Gasteiger charge is -2.21. The first-order valence-corrected chi connectivity index (χ1v) is 6.76. The molecular weight excluding hydrogens is 296 g/mol. The van der Waals surface area contributed by atoms with E-state index in [1.165, 1.54) is 6.26 Å². The Bertz CT molecular complexity index is 677. The first-order chi connectivity index (χ1) is 10.1. The molecule has 0 fully saturated rings. The normalized spacial score (nSPS) is 13.4. The first-order valence-electron chi connectivity index (χ1n) is 6.38. The third-order valence-corrected chi connectivity index (χ3v) is 3.41. The van der Waals surface area contributed by atoms with Crippen LogP contribution in [0.5, 0.6) is 5.75 Å². The fourth-order valence-corrected chi connectivity index (χ4v) is 2.45. The molecular formula is C15H13ClO5. The Morgan fingerprint density at radius 2 is 2.29 bits per heavy atom. The molecule has 5 nitrogen and oxygen atoms in total. The molecule has 110 valence electrons. The van der Waals surface area contributed by atoms with E-state index in [1.54, 1.807) is 25.1 Å². The molecule has 0 atom stereocenters. The van der Waals surface area contributed by atoms with Crippen LogP contribution in [0.2, 0.25) is 5.02 Å². The summed E-state index contributed by atoms with van der Waals surface area (Å²) in [5, 5.41) is 0.549. The highest BCUT2D eigenvalue weighted by Crippen LogP contribution is 2.32. The maximum Gasteiger partial charge on any atom is 0.342 e. The Balaban J connectivity index is 1.78. The number of hydrogen-bond acceptors (Lipinski definition) is 5. The standard InChI is InChI=1S/C15H13ClO5/c1-9-13(2-3-19-9)15(17)20-7-11-5-12(16)4-10-6-18-8-21-14(10)11/h2-5H,6-8H2,1H3. The monoisotopic (exact) mass is 308 g/mol. The molecule has 21 heavy (non-hydrogen) atoms. The van der Waals surface area contributed by atoms with E-state index in [1.807, 2.05) is 0 Å². The highest BCUT2D eigenvalue weighted by Gasteiger charge is 2.19. The summed E-state index contributed by atoms with van der Waals surface area (Å²) in [6.45, 7) is 2.39. The number of fused-ring (bicyclic) bond motifs is 1. The molecule has 0 aliphatic carbocycles. The van der Waals surface area contributed by atoms with Gasteiger partial charge in [0.15, 0.2) is 6.79 Å². The number of benzene rings is 1. The molecule has 0 saturated carbocycles. The van der Waals surface area contributed by atoms with Crippen molar-refractivity contribution in [3.63, 3.8) is 0 Å². The number of carbonyl (C=O) groups excluding carboxylic acids is 1. The van der Waals surface area contributed by atoms with E-state index in [2.05, 4.69) is 0 Å². The van der Waals surface area contributed by atoms with Crippen LogP contribution in [0.3, 0.4) is 0 Å². The third kappa shape index (κ3) is 2.89. The van der Waals surface area contributed by atoms with Crippen molar-refractivity contribution < 1.29 is 23.4 Å². The van der Waals surface area contributed by atoms with Crippen molar-refractivity contribution in [1.82, 2.24) is 0 Å². The fourth-order valence-electron chi connectivity index (χ4n) is 2.18. The summed E-state index contributed by atoms with van der Waals surface area (Å²) in [7, 11) is 0. The van der Waals surface area contributed by atoms with Gasteiger partial charge in [-0.2, -0.15) is 0 Å². The Hall–Kier alpha value is -1.98. The summed E-state index contributed by atoms with van der Waals surface area (Å²) < 4.78 is 21.1. The summed E-state index contributed by atoms with van der Waals surface area (Å²) in [5.74, 6) is 0.752. The predicted molar refractivity (Wildman–Crippen MR) is 74.3 cm³/mol. The van der Waals surface area contributed by atoms with Crippen LogP contribution in [0.4, 0.5) is 0 Å². The number of carbonyl (C=O) groups is 1. The van der Waals surface area contributed by atoms with Gasteiger partial charge >= 0.3 is 5.97 Å². The van der Waals surface area contributed by atoms with Crippen molar-refractivity contribution in [2.45, 2.75) is 20.1 Å². The molecule has 0 amide bonds. The number of furan rings is 1. The Morgan fingerprint density at radius 1 is 1.43 bits per heavy atom. The van der Waals surface area contributed by atoms with Crippen LogP contribution < -0.4 is 4.74 Å². The van der Waals surface area contributed by atoms with Crippen molar-refractivity contribution in [2.24, 2.45) is 0 Å². The van der Waals surface area contributed by atoms with Crippen LogP contribution in [0, 0.1) is 6.92 Å². The average Bonchev–Trinajstić information content (AvgIpc) is 2.90. The number of ether oxygens (including phenoxy) is 3. The quantitative estimate of drug-likeness (QED) is 0.813. The summed E-state index contributed by atoms with van der Waals surface area (Å²) in [5.41, 5.74) is 1.98. The van der Waals surface area contributed by atoms with E-state index in [9.17, 15) is 4.79 Å². The van der Waals surface area contributed by atoms with Gasteiger partial charge in [-0.15, -0.1) is 0 Å². The minimum Gasteiger partial charge on any atom is -0.469 e. The van der Waals surface area contributed by atoms with Crippen molar-refractivity contribution >= 4 is 17.6 Å². The number of rotatable bonds is 3. The molecule has 3 rings (SSSR count). The molecule has 0 bridgehead atoms. The van der Waals surface area contributed by atoms with Gasteiger partial charge in [0.2, 0.25) is 0 Å². The van der Waals surface area contributed by atoms with Gasteiger partial charge in [-0.3, -0.25) is 0 Å². The zero-order valence-electron chi connectivity index (χ0n) is 11.3. The van der Waals surface area contributed by atoms with E-state index in [0.29, 0.717) is 28.7 Å². The van der Waals surface area contributed by atoms with Crippen LogP contribution in [0.25, 0.3) is 0 Å². The van der Waals surface area contributed by atoms with Crippen LogP contribution in [0.1, 0.15) is 27.2 Å². The second-order valence-corrected chi connectivity index (χ2v) is 5.07. The lowest BCUT2D eigenvalue weighted by Crippen LogP contribution is -2.14. The molecule has 1 aliphatic rings. The highest BCUT2D eigenvalue weighted by molar-refractivity contribution is 6.30. The Morgan fingerprint density at radius 3 is 3.05 bits per heavy atom. The zero-order valence-corrected chi connectivity index (χ0v) is 12.1. The summed E-state index contributed by atoms with van der Waals surface area (Å²) in [6, 6.07) is 5.08. The molecule has 0 spiro atoms. The van der Waals surface area contributed by atoms with E-state index in [0.717, 1.165) is 11.1 Å². The molecule has 0 unspecified atom stereocenters. The molecule has 6 heteroatoms. The molecule has 1 aromatic heterocycles. The Kier molecular flexibility index (Phi) is 3.86. The smallest absolute Gasteiger partial charge is 0.342 e. The van der Waals surface area contributed by atoms with Crippen LogP contribution in [-0.4, -0.2) is 12.8 Å². The zero-order chi connectivity index (χ0) is 14.8. The van der Waals surface area contributed by atoms with Crippen molar-refractivity contribution in [1.29, 1.82) is 0 Å². The average molecular weight is 309 g/mol. The molecule has 2 aromatic rings. The van der Waals surface area contributed by atoms with E-state index >= 15 is 0 Å². The van der Waals surface area contributed by atoms with Gasteiger partial charge in [-0.05, 0) is 25.1 Å². The van der Waals surface area contributed by atoms with Gasteiger partial charge in [0, 0.05) is 16.1 Å². The largest absolute Gasteiger partial charge is 0.469 e. The molecule has 0 N–H and O–H groups in total. The summed E-state index contributed by atoms with van der Waals surface area (Å²) in [6.07, 6.45) is 1.45. The first kappa shape index (κ1) is 14.0. The number of halogens is 1. The summed E-state index contributed by atoms with van der Waals surface area (Å²) in [4.78, 5) is 12.0. The van der Waals surface area contributed by atoms with E-state index < -0.39 is 5.97 Å². The van der Waals surface area contributed by atoms with Gasteiger partial charge in [0.1, 0.15) is 23.7 Å². The van der Waals surface area contributed by atoms with Gasteiger partial charge < -0.3 is 18.6 Å².